The van der Waals surface area contributed by atoms with Crippen molar-refractivity contribution in [3.05, 3.63) is 30.3 Å². The van der Waals surface area contributed by atoms with Crippen molar-refractivity contribution in [2.24, 2.45) is 5.92 Å². The van der Waals surface area contributed by atoms with Crippen molar-refractivity contribution in [3.63, 3.8) is 0 Å². The molecule has 5 nitrogen and oxygen atoms in total. The first-order chi connectivity index (χ1) is 9.54. The number of quaternary nitrogens is 1. The van der Waals surface area contributed by atoms with E-state index in [1.54, 1.807) is 28.6 Å². The molecule has 1 aliphatic heterocycles. The molecule has 0 aliphatic carbocycles. The summed E-state index contributed by atoms with van der Waals surface area (Å²) in [6, 6.07) is 10.8. The summed E-state index contributed by atoms with van der Waals surface area (Å²) in [5.41, 5.74) is 0. The Hall–Kier alpha value is -1.42. The van der Waals surface area contributed by atoms with Crippen molar-refractivity contribution < 1.29 is 13.3 Å². The summed E-state index contributed by atoms with van der Waals surface area (Å²) in [5.74, 6) is 0.0160. The molecular formula is C14H20N3O2S+. The fourth-order valence-electron chi connectivity index (χ4n) is 2.47. The summed E-state index contributed by atoms with van der Waals surface area (Å²) in [5, 5.41) is 8.83. The Kier molecular flexibility index (Phi) is 4.76. The molecule has 0 aromatic heterocycles. The van der Waals surface area contributed by atoms with E-state index in [9.17, 15) is 8.42 Å². The lowest BCUT2D eigenvalue weighted by Crippen LogP contribution is -3.15. The fourth-order valence-corrected chi connectivity index (χ4v) is 3.93. The lowest BCUT2D eigenvalue weighted by Gasteiger charge is -2.31. The van der Waals surface area contributed by atoms with Crippen LogP contribution in [0.4, 0.5) is 0 Å². The highest BCUT2D eigenvalue weighted by Crippen LogP contribution is 2.14. The zero-order chi connectivity index (χ0) is 14.6. The van der Waals surface area contributed by atoms with Crippen LogP contribution in [0.2, 0.25) is 0 Å². The molecule has 1 heterocycles. The van der Waals surface area contributed by atoms with Gasteiger partial charge in [0.1, 0.15) is 0 Å². The minimum Gasteiger partial charge on any atom is -0.332 e. The third-order valence-electron chi connectivity index (χ3n) is 3.63. The van der Waals surface area contributed by atoms with Gasteiger partial charge in [-0.05, 0) is 19.1 Å². The molecule has 0 amide bonds. The Bertz CT molecular complexity index is 572. The Balaban J connectivity index is 1.99. The number of nitrogens with zero attached hydrogens (tertiary/aromatic N) is 2. The second kappa shape index (κ2) is 6.35. The molecular weight excluding hydrogens is 274 g/mol. The quantitative estimate of drug-likeness (QED) is 0.832. The minimum atomic E-state index is -3.36. The number of piperazine rings is 1. The summed E-state index contributed by atoms with van der Waals surface area (Å²) >= 11 is 0. The van der Waals surface area contributed by atoms with Crippen molar-refractivity contribution in [3.8, 4) is 6.07 Å². The van der Waals surface area contributed by atoms with E-state index >= 15 is 0 Å². The van der Waals surface area contributed by atoms with E-state index < -0.39 is 10.0 Å². The molecule has 1 atom stereocenters. The van der Waals surface area contributed by atoms with E-state index in [0.717, 1.165) is 19.6 Å². The molecule has 0 spiro atoms. The largest absolute Gasteiger partial charge is 0.332 e. The highest BCUT2D eigenvalue weighted by atomic mass is 32.2. The van der Waals surface area contributed by atoms with Crippen LogP contribution in [0.25, 0.3) is 0 Å². The van der Waals surface area contributed by atoms with Crippen LogP contribution < -0.4 is 4.90 Å². The van der Waals surface area contributed by atoms with Gasteiger partial charge in [-0.3, -0.25) is 0 Å². The third kappa shape index (κ3) is 3.37. The van der Waals surface area contributed by atoms with Gasteiger partial charge >= 0.3 is 0 Å². The molecule has 1 fully saturated rings. The van der Waals surface area contributed by atoms with Crippen LogP contribution in [-0.4, -0.2) is 45.4 Å². The molecule has 1 saturated heterocycles. The van der Waals surface area contributed by atoms with Gasteiger partial charge in [0.2, 0.25) is 10.0 Å². The third-order valence-corrected chi connectivity index (χ3v) is 5.54. The summed E-state index contributed by atoms with van der Waals surface area (Å²) < 4.78 is 26.4. The molecule has 1 N–H and O–H groups in total. The lowest BCUT2D eigenvalue weighted by atomic mass is 10.2. The topological polar surface area (TPSA) is 65.6 Å². The first-order valence-electron chi connectivity index (χ1n) is 6.82. The number of benzene rings is 1. The highest BCUT2D eigenvalue weighted by Gasteiger charge is 2.30. The molecule has 0 unspecified atom stereocenters. The predicted molar refractivity (Wildman–Crippen MR) is 75.5 cm³/mol. The standard InChI is InChI=1S/C14H19N3O2S/c1-13(11-15)12-16-7-9-17(10-8-16)20(18,19)14-5-3-2-4-6-14/h2-6,13H,7-10,12H2,1H3/p+1/t13-/m0/s1. The van der Waals surface area contributed by atoms with E-state index in [0.29, 0.717) is 18.0 Å². The highest BCUT2D eigenvalue weighted by molar-refractivity contribution is 7.89. The SMILES string of the molecule is C[C@@H](C#N)C[NH+]1CCN(S(=O)(=O)c2ccccc2)CC1. The molecule has 108 valence electrons. The minimum absolute atomic E-state index is 0.0160. The Morgan fingerprint density at radius 3 is 2.45 bits per heavy atom. The van der Waals surface area contributed by atoms with Crippen LogP contribution in [0.3, 0.4) is 0 Å². The average molecular weight is 294 g/mol. The van der Waals surface area contributed by atoms with Gasteiger partial charge in [-0.2, -0.15) is 9.57 Å². The van der Waals surface area contributed by atoms with Crippen molar-refractivity contribution in [1.82, 2.24) is 4.31 Å². The van der Waals surface area contributed by atoms with E-state index in [4.69, 9.17) is 5.26 Å². The predicted octanol–water partition coefficient (Wildman–Crippen LogP) is -0.265. The molecule has 0 radical (unpaired) electrons. The average Bonchev–Trinajstić information content (AvgIpc) is 2.48. The van der Waals surface area contributed by atoms with E-state index in [2.05, 4.69) is 6.07 Å². The lowest BCUT2D eigenvalue weighted by molar-refractivity contribution is -0.905. The van der Waals surface area contributed by atoms with Crippen LogP contribution in [-0.2, 0) is 10.0 Å². The van der Waals surface area contributed by atoms with Crippen LogP contribution in [0.1, 0.15) is 6.92 Å². The number of nitrogens with one attached hydrogen (secondary N) is 1. The van der Waals surface area contributed by atoms with Crippen molar-refractivity contribution in [1.29, 1.82) is 5.26 Å². The smallest absolute Gasteiger partial charge is 0.243 e. The zero-order valence-electron chi connectivity index (χ0n) is 11.6. The number of sulfonamides is 1. The summed E-state index contributed by atoms with van der Waals surface area (Å²) in [6.07, 6.45) is 0. The monoisotopic (exact) mass is 294 g/mol. The first-order valence-corrected chi connectivity index (χ1v) is 8.26. The molecule has 0 bridgehead atoms. The number of nitriles is 1. The molecule has 20 heavy (non-hydrogen) atoms. The maximum Gasteiger partial charge on any atom is 0.243 e. The van der Waals surface area contributed by atoms with Crippen molar-refractivity contribution >= 4 is 10.0 Å². The van der Waals surface area contributed by atoms with Crippen molar-refractivity contribution in [2.45, 2.75) is 11.8 Å². The van der Waals surface area contributed by atoms with Gasteiger partial charge in [0, 0.05) is 0 Å². The van der Waals surface area contributed by atoms with Crippen LogP contribution in [0.5, 0.6) is 0 Å². The normalized spacial score (nSPS) is 19.4. The van der Waals surface area contributed by atoms with Crippen LogP contribution in [0.15, 0.2) is 35.2 Å². The second-order valence-corrected chi connectivity index (χ2v) is 7.14. The molecule has 0 saturated carbocycles. The molecule has 1 aromatic carbocycles. The number of rotatable bonds is 4. The Morgan fingerprint density at radius 1 is 1.30 bits per heavy atom. The number of hydrogen-bond acceptors (Lipinski definition) is 3. The van der Waals surface area contributed by atoms with E-state index in [1.165, 1.54) is 4.90 Å². The Labute approximate surface area is 120 Å². The van der Waals surface area contributed by atoms with Gasteiger partial charge in [0.25, 0.3) is 0 Å². The van der Waals surface area contributed by atoms with Gasteiger partial charge in [0.15, 0.2) is 0 Å². The Morgan fingerprint density at radius 2 is 1.90 bits per heavy atom. The van der Waals surface area contributed by atoms with Gasteiger partial charge in [-0.1, -0.05) is 18.2 Å². The maximum atomic E-state index is 12.4. The molecule has 6 heteroatoms. The van der Waals surface area contributed by atoms with Gasteiger partial charge in [-0.25, -0.2) is 8.42 Å². The number of hydrogen-bond donors (Lipinski definition) is 1. The molecule has 2 rings (SSSR count). The van der Waals surface area contributed by atoms with Crippen LogP contribution in [0, 0.1) is 17.2 Å². The summed E-state index contributed by atoms with van der Waals surface area (Å²) in [6.45, 7) is 5.25. The maximum absolute atomic E-state index is 12.4. The molecule has 1 aliphatic rings. The zero-order valence-corrected chi connectivity index (χ0v) is 12.4. The van der Waals surface area contributed by atoms with Gasteiger partial charge in [0.05, 0.1) is 49.6 Å². The van der Waals surface area contributed by atoms with Crippen molar-refractivity contribution in [2.75, 3.05) is 32.7 Å². The van der Waals surface area contributed by atoms with Gasteiger partial charge < -0.3 is 4.90 Å². The summed E-state index contributed by atoms with van der Waals surface area (Å²) in [7, 11) is -3.36. The van der Waals surface area contributed by atoms with E-state index in [-0.39, 0.29) is 5.92 Å². The van der Waals surface area contributed by atoms with E-state index in [1.807, 2.05) is 13.0 Å². The van der Waals surface area contributed by atoms with Gasteiger partial charge in [-0.15, -0.1) is 0 Å². The van der Waals surface area contributed by atoms with Crippen LogP contribution >= 0.6 is 0 Å². The fraction of sp³-hybridized carbons (Fsp3) is 0.500. The second-order valence-electron chi connectivity index (χ2n) is 5.20. The molecule has 1 aromatic rings. The summed E-state index contributed by atoms with van der Waals surface area (Å²) in [4.78, 5) is 1.66. The first kappa shape index (κ1) is 15.0.